The van der Waals surface area contributed by atoms with Crippen molar-refractivity contribution < 1.29 is 4.79 Å². The van der Waals surface area contributed by atoms with Crippen molar-refractivity contribution in [3.05, 3.63) is 70.6 Å². The summed E-state index contributed by atoms with van der Waals surface area (Å²) in [7, 11) is 0. The van der Waals surface area contributed by atoms with E-state index in [9.17, 15) is 9.59 Å². The summed E-state index contributed by atoms with van der Waals surface area (Å²) in [6, 6.07) is 15.4. The molecule has 0 bridgehead atoms. The summed E-state index contributed by atoms with van der Waals surface area (Å²) in [6.45, 7) is 1.97. The molecule has 0 spiro atoms. The third-order valence-corrected chi connectivity index (χ3v) is 4.54. The molecular weight excluding hydrogens is 322 g/mol. The van der Waals surface area contributed by atoms with Crippen molar-refractivity contribution in [2.24, 2.45) is 0 Å². The van der Waals surface area contributed by atoms with Gasteiger partial charge in [-0.15, -0.1) is 0 Å². The standard InChI is InChI=1S/C18H17N3O2S/c1-12(14-8-4-6-13-5-2-3-7-15(13)14)20-17(23)11-24-18-19-10-9-16(22)21-18/h2-10,12H,11H2,1H3,(H,20,23)(H,19,21,22)/t12-/m1/s1. The van der Waals surface area contributed by atoms with Crippen LogP contribution in [0.4, 0.5) is 0 Å². The van der Waals surface area contributed by atoms with Gasteiger partial charge in [0.05, 0.1) is 11.8 Å². The zero-order valence-corrected chi connectivity index (χ0v) is 14.0. The van der Waals surface area contributed by atoms with Crippen LogP contribution in [0.5, 0.6) is 0 Å². The topological polar surface area (TPSA) is 74.8 Å². The molecule has 0 fully saturated rings. The predicted octanol–water partition coefficient (Wildman–Crippen LogP) is 2.89. The molecule has 1 atom stereocenters. The van der Waals surface area contributed by atoms with Gasteiger partial charge in [-0.05, 0) is 23.3 Å². The van der Waals surface area contributed by atoms with Crippen molar-refractivity contribution in [1.82, 2.24) is 15.3 Å². The molecule has 0 aliphatic heterocycles. The first-order chi connectivity index (χ1) is 11.6. The Morgan fingerprint density at radius 1 is 1.21 bits per heavy atom. The van der Waals surface area contributed by atoms with Crippen LogP contribution in [0.1, 0.15) is 18.5 Å². The van der Waals surface area contributed by atoms with E-state index in [1.165, 1.54) is 24.0 Å². The van der Waals surface area contributed by atoms with Crippen molar-refractivity contribution in [2.75, 3.05) is 5.75 Å². The molecule has 5 nitrogen and oxygen atoms in total. The van der Waals surface area contributed by atoms with Gasteiger partial charge in [-0.2, -0.15) is 0 Å². The summed E-state index contributed by atoms with van der Waals surface area (Å²) in [5.41, 5.74) is 0.856. The van der Waals surface area contributed by atoms with Crippen LogP contribution in [-0.4, -0.2) is 21.6 Å². The molecule has 1 heterocycles. The molecule has 1 amide bonds. The van der Waals surface area contributed by atoms with Gasteiger partial charge in [0.25, 0.3) is 5.56 Å². The highest BCUT2D eigenvalue weighted by atomic mass is 32.2. The molecule has 122 valence electrons. The van der Waals surface area contributed by atoms with Crippen LogP contribution in [-0.2, 0) is 4.79 Å². The maximum Gasteiger partial charge on any atom is 0.251 e. The van der Waals surface area contributed by atoms with Crippen LogP contribution < -0.4 is 10.9 Å². The first-order valence-corrected chi connectivity index (χ1v) is 8.57. The summed E-state index contributed by atoms with van der Waals surface area (Å²) in [6.07, 6.45) is 1.43. The number of carbonyl (C=O) groups excluding carboxylic acids is 1. The second kappa shape index (κ2) is 7.31. The molecule has 2 N–H and O–H groups in total. The van der Waals surface area contributed by atoms with E-state index in [1.807, 2.05) is 31.2 Å². The summed E-state index contributed by atoms with van der Waals surface area (Å²) < 4.78 is 0. The quantitative estimate of drug-likeness (QED) is 0.554. The number of benzene rings is 2. The summed E-state index contributed by atoms with van der Waals surface area (Å²) >= 11 is 1.20. The number of carbonyl (C=O) groups is 1. The van der Waals surface area contributed by atoms with Crippen LogP contribution in [0.15, 0.2) is 64.7 Å². The van der Waals surface area contributed by atoms with Crippen molar-refractivity contribution in [2.45, 2.75) is 18.1 Å². The predicted molar refractivity (Wildman–Crippen MR) is 96.1 cm³/mol. The lowest BCUT2D eigenvalue weighted by Crippen LogP contribution is -2.28. The van der Waals surface area contributed by atoms with Gasteiger partial charge in [-0.3, -0.25) is 9.59 Å². The first kappa shape index (κ1) is 16.3. The lowest BCUT2D eigenvalue weighted by molar-refractivity contribution is -0.119. The van der Waals surface area contributed by atoms with Gasteiger partial charge in [0.1, 0.15) is 0 Å². The van der Waals surface area contributed by atoms with E-state index in [1.54, 1.807) is 0 Å². The van der Waals surface area contributed by atoms with Crippen molar-refractivity contribution in [3.8, 4) is 0 Å². The number of rotatable bonds is 5. The Balaban J connectivity index is 1.66. The Hall–Kier alpha value is -2.60. The van der Waals surface area contributed by atoms with E-state index < -0.39 is 0 Å². The minimum atomic E-state index is -0.225. The first-order valence-electron chi connectivity index (χ1n) is 7.58. The fraction of sp³-hybridized carbons (Fsp3) is 0.167. The molecule has 0 unspecified atom stereocenters. The number of aromatic amines is 1. The summed E-state index contributed by atoms with van der Waals surface area (Å²) in [4.78, 5) is 30.0. The molecule has 2 aromatic carbocycles. The summed E-state index contributed by atoms with van der Waals surface area (Å²) in [5, 5.41) is 5.72. The largest absolute Gasteiger partial charge is 0.349 e. The zero-order valence-electron chi connectivity index (χ0n) is 13.2. The molecule has 0 aliphatic rings. The number of nitrogens with zero attached hydrogens (tertiary/aromatic N) is 1. The molecular formula is C18H17N3O2S. The van der Waals surface area contributed by atoms with E-state index in [0.29, 0.717) is 5.16 Å². The maximum atomic E-state index is 12.2. The van der Waals surface area contributed by atoms with E-state index in [4.69, 9.17) is 0 Å². The maximum absolute atomic E-state index is 12.2. The number of aromatic nitrogens is 2. The van der Waals surface area contributed by atoms with Crippen LogP contribution in [0.2, 0.25) is 0 Å². The van der Waals surface area contributed by atoms with Gasteiger partial charge < -0.3 is 10.3 Å². The zero-order chi connectivity index (χ0) is 16.9. The van der Waals surface area contributed by atoms with Crippen molar-refractivity contribution in [3.63, 3.8) is 0 Å². The fourth-order valence-electron chi connectivity index (χ4n) is 2.55. The number of thioether (sulfide) groups is 1. The molecule has 3 aromatic rings. The van der Waals surface area contributed by atoms with Crippen LogP contribution >= 0.6 is 11.8 Å². The number of amides is 1. The molecule has 24 heavy (non-hydrogen) atoms. The van der Waals surface area contributed by atoms with E-state index in [0.717, 1.165) is 16.3 Å². The number of nitrogens with one attached hydrogen (secondary N) is 2. The van der Waals surface area contributed by atoms with Crippen LogP contribution in [0, 0.1) is 0 Å². The monoisotopic (exact) mass is 339 g/mol. The molecule has 3 rings (SSSR count). The Bertz CT molecular complexity index is 918. The van der Waals surface area contributed by atoms with Gasteiger partial charge in [-0.25, -0.2) is 4.98 Å². The van der Waals surface area contributed by atoms with Crippen molar-refractivity contribution >= 4 is 28.4 Å². The Morgan fingerprint density at radius 2 is 2.00 bits per heavy atom. The number of H-pyrrole nitrogens is 1. The molecule has 0 saturated carbocycles. The second-order valence-electron chi connectivity index (χ2n) is 5.39. The highest BCUT2D eigenvalue weighted by Crippen LogP contribution is 2.24. The SMILES string of the molecule is C[C@@H](NC(=O)CSc1nccc(=O)[nH]1)c1cccc2ccccc12. The normalized spacial score (nSPS) is 12.0. The van der Waals surface area contributed by atoms with Gasteiger partial charge in [-0.1, -0.05) is 54.2 Å². The third-order valence-electron chi connectivity index (χ3n) is 3.66. The number of hydrogen-bond donors (Lipinski definition) is 2. The van der Waals surface area contributed by atoms with E-state index in [2.05, 4.69) is 33.5 Å². The average Bonchev–Trinajstić information content (AvgIpc) is 2.59. The molecule has 6 heteroatoms. The number of hydrogen-bond acceptors (Lipinski definition) is 4. The molecule has 1 aromatic heterocycles. The average molecular weight is 339 g/mol. The Labute approximate surface area is 143 Å². The molecule has 0 radical (unpaired) electrons. The van der Waals surface area contributed by atoms with Crippen LogP contribution in [0.25, 0.3) is 10.8 Å². The Kier molecular flexibility index (Phi) is 4.96. The second-order valence-corrected chi connectivity index (χ2v) is 6.35. The molecule has 0 saturated heterocycles. The van der Waals surface area contributed by atoms with Gasteiger partial charge in [0.15, 0.2) is 5.16 Å². The van der Waals surface area contributed by atoms with Crippen molar-refractivity contribution in [1.29, 1.82) is 0 Å². The smallest absolute Gasteiger partial charge is 0.251 e. The highest BCUT2D eigenvalue weighted by Gasteiger charge is 2.12. The van der Waals surface area contributed by atoms with Gasteiger partial charge in [0, 0.05) is 12.3 Å². The molecule has 0 aliphatic carbocycles. The minimum Gasteiger partial charge on any atom is -0.349 e. The Morgan fingerprint density at radius 3 is 2.83 bits per heavy atom. The van der Waals surface area contributed by atoms with Gasteiger partial charge in [0.2, 0.25) is 5.91 Å². The van der Waals surface area contributed by atoms with Gasteiger partial charge >= 0.3 is 0 Å². The third kappa shape index (κ3) is 3.83. The summed E-state index contributed by atoms with van der Waals surface area (Å²) in [5.74, 6) is 0.0918. The van der Waals surface area contributed by atoms with E-state index in [-0.39, 0.29) is 23.3 Å². The minimum absolute atomic E-state index is 0.105. The highest BCUT2D eigenvalue weighted by molar-refractivity contribution is 7.99. The number of fused-ring (bicyclic) bond motifs is 1. The van der Waals surface area contributed by atoms with E-state index >= 15 is 0 Å². The lowest BCUT2D eigenvalue weighted by Gasteiger charge is -2.16. The van der Waals surface area contributed by atoms with Crippen LogP contribution in [0.3, 0.4) is 0 Å². The fourth-order valence-corrected chi connectivity index (χ4v) is 3.21. The lowest BCUT2D eigenvalue weighted by atomic mass is 10.00.